The monoisotopic (exact) mass is 481 g/mol. The van der Waals surface area contributed by atoms with Crippen LogP contribution >= 0.6 is 23.5 Å². The van der Waals surface area contributed by atoms with Gasteiger partial charge >= 0.3 is 0 Å². The zero-order valence-electron chi connectivity index (χ0n) is 17.5. The summed E-state index contributed by atoms with van der Waals surface area (Å²) >= 11 is 2.71. The van der Waals surface area contributed by atoms with Gasteiger partial charge in [-0.05, 0) is 42.0 Å². The van der Waals surface area contributed by atoms with Crippen LogP contribution in [-0.2, 0) is 0 Å². The first-order valence-corrected chi connectivity index (χ1v) is 11.4. The number of benzene rings is 1. The zero-order valence-corrected chi connectivity index (χ0v) is 19.1. The van der Waals surface area contributed by atoms with E-state index < -0.39 is 12.0 Å². The molecular formula is C23H23N5O3S2. The van der Waals surface area contributed by atoms with Crippen LogP contribution in [0.4, 0.5) is 5.82 Å². The summed E-state index contributed by atoms with van der Waals surface area (Å²) in [7, 11) is 0. The highest BCUT2D eigenvalue weighted by atomic mass is 32.2. The zero-order chi connectivity index (χ0) is 23.6. The van der Waals surface area contributed by atoms with E-state index in [1.807, 2.05) is 18.2 Å². The lowest BCUT2D eigenvalue weighted by Crippen LogP contribution is -2.29. The Kier molecular flexibility index (Phi) is 8.76. The average Bonchev–Trinajstić information content (AvgIpc) is 2.83. The lowest BCUT2D eigenvalue weighted by Gasteiger charge is -2.13. The molecule has 0 radical (unpaired) electrons. The first-order chi connectivity index (χ1) is 15.9. The van der Waals surface area contributed by atoms with Crippen LogP contribution < -0.4 is 16.4 Å². The molecule has 8 nitrogen and oxygen atoms in total. The molecule has 1 atom stereocenters. The Morgan fingerprint density at radius 1 is 1.15 bits per heavy atom. The van der Waals surface area contributed by atoms with Crippen LogP contribution in [0.3, 0.4) is 0 Å². The lowest BCUT2D eigenvalue weighted by atomic mass is 10.1. The van der Waals surface area contributed by atoms with Gasteiger partial charge in [0.15, 0.2) is 0 Å². The van der Waals surface area contributed by atoms with E-state index in [1.54, 1.807) is 30.5 Å². The van der Waals surface area contributed by atoms with Crippen LogP contribution in [0.2, 0.25) is 0 Å². The fourth-order valence-electron chi connectivity index (χ4n) is 2.62. The molecule has 6 N–H and O–H groups in total. The van der Waals surface area contributed by atoms with Crippen molar-refractivity contribution in [2.75, 3.05) is 11.9 Å². The Bertz CT molecular complexity index is 1120. The minimum absolute atomic E-state index is 0.00544. The standard InChI is InChI=1S/C23H23N5O3S2/c1-15(28-21-4-2-3-10-26-21)32-22(13-24)33-18-9-11-25-19(12-18)23(31)27-14-20(30)16-5-7-17(29)8-6-16/h2-13,20,29-30H,1,14,24H2,(H,26,28)(H,27,31)/b22-13+. The van der Waals surface area contributed by atoms with Crippen molar-refractivity contribution < 1.29 is 15.0 Å². The van der Waals surface area contributed by atoms with E-state index in [0.717, 1.165) is 9.13 Å². The number of pyridine rings is 2. The van der Waals surface area contributed by atoms with Crippen molar-refractivity contribution in [3.63, 3.8) is 0 Å². The third-order valence-corrected chi connectivity index (χ3v) is 6.22. The number of hydrogen-bond acceptors (Lipinski definition) is 9. The minimum Gasteiger partial charge on any atom is -0.508 e. The first-order valence-electron chi connectivity index (χ1n) is 9.80. The second-order valence-corrected chi connectivity index (χ2v) is 9.16. The molecule has 10 heteroatoms. The molecule has 0 spiro atoms. The number of nitrogens with one attached hydrogen (secondary N) is 2. The van der Waals surface area contributed by atoms with Crippen molar-refractivity contribution in [1.82, 2.24) is 15.3 Å². The van der Waals surface area contributed by atoms with Gasteiger partial charge in [-0.1, -0.05) is 48.3 Å². The second kappa shape index (κ2) is 12.0. The predicted molar refractivity (Wildman–Crippen MR) is 132 cm³/mol. The van der Waals surface area contributed by atoms with Crippen LogP contribution in [0.15, 0.2) is 93.9 Å². The van der Waals surface area contributed by atoms with Crippen molar-refractivity contribution in [2.24, 2.45) is 5.73 Å². The van der Waals surface area contributed by atoms with Crippen LogP contribution in [0, 0.1) is 0 Å². The summed E-state index contributed by atoms with van der Waals surface area (Å²) in [5, 5.41) is 26.0. The number of aliphatic hydroxyl groups is 1. The largest absolute Gasteiger partial charge is 0.508 e. The van der Waals surface area contributed by atoms with Crippen molar-refractivity contribution >= 4 is 35.2 Å². The number of phenolic OH excluding ortho intramolecular Hbond substituents is 1. The van der Waals surface area contributed by atoms with Gasteiger partial charge in [-0.3, -0.25) is 9.78 Å². The molecule has 170 valence electrons. The Hall–Kier alpha value is -3.47. The maximum Gasteiger partial charge on any atom is 0.270 e. The fourth-order valence-corrected chi connectivity index (χ4v) is 4.45. The number of carbonyl (C=O) groups excluding carboxylic acids is 1. The normalized spacial score (nSPS) is 12.1. The topological polar surface area (TPSA) is 133 Å². The van der Waals surface area contributed by atoms with E-state index in [9.17, 15) is 15.0 Å². The maximum atomic E-state index is 12.5. The van der Waals surface area contributed by atoms with Crippen molar-refractivity contribution in [1.29, 1.82) is 0 Å². The van der Waals surface area contributed by atoms with Crippen LogP contribution in [0.1, 0.15) is 22.2 Å². The Labute approximate surface area is 200 Å². The number of amides is 1. The molecule has 2 heterocycles. The number of nitrogens with two attached hydrogens (primary N) is 1. The van der Waals surface area contributed by atoms with Gasteiger partial charge in [0.1, 0.15) is 17.3 Å². The number of hydrogen-bond donors (Lipinski definition) is 5. The molecule has 0 aliphatic heterocycles. The van der Waals surface area contributed by atoms with Gasteiger partial charge in [0.25, 0.3) is 5.91 Å². The van der Waals surface area contributed by atoms with Crippen molar-refractivity contribution in [3.05, 3.63) is 100 Å². The maximum absolute atomic E-state index is 12.5. The average molecular weight is 482 g/mol. The summed E-state index contributed by atoms with van der Waals surface area (Å²) < 4.78 is 0.753. The number of anilines is 1. The molecule has 0 aliphatic carbocycles. The first kappa shape index (κ1) is 24.2. The molecule has 0 fully saturated rings. The molecular weight excluding hydrogens is 458 g/mol. The Morgan fingerprint density at radius 3 is 2.64 bits per heavy atom. The molecule has 2 aromatic heterocycles. The minimum atomic E-state index is -0.909. The molecule has 0 saturated heterocycles. The number of aliphatic hydroxyl groups excluding tert-OH is 1. The van der Waals surface area contributed by atoms with E-state index in [4.69, 9.17) is 5.73 Å². The quantitative estimate of drug-likeness (QED) is 0.274. The molecule has 1 aromatic carbocycles. The smallest absolute Gasteiger partial charge is 0.270 e. The van der Waals surface area contributed by atoms with Crippen LogP contribution in [0.25, 0.3) is 0 Å². The predicted octanol–water partition coefficient (Wildman–Crippen LogP) is 3.81. The van der Waals surface area contributed by atoms with Gasteiger partial charge in [-0.25, -0.2) is 4.98 Å². The van der Waals surface area contributed by atoms with E-state index in [2.05, 4.69) is 27.2 Å². The van der Waals surface area contributed by atoms with Gasteiger partial charge in [-0.2, -0.15) is 0 Å². The van der Waals surface area contributed by atoms with E-state index in [1.165, 1.54) is 48.1 Å². The highest BCUT2D eigenvalue weighted by Gasteiger charge is 2.13. The number of carbonyl (C=O) groups is 1. The molecule has 0 bridgehead atoms. The lowest BCUT2D eigenvalue weighted by molar-refractivity contribution is 0.0911. The van der Waals surface area contributed by atoms with Gasteiger partial charge in [0.2, 0.25) is 0 Å². The summed E-state index contributed by atoms with van der Waals surface area (Å²) in [6, 6.07) is 15.1. The van der Waals surface area contributed by atoms with Gasteiger partial charge in [0.05, 0.1) is 15.4 Å². The SMILES string of the molecule is C=C(Nc1ccccn1)S/C(=C\N)Sc1ccnc(C(=O)NCC(O)c2ccc(O)cc2)c1. The van der Waals surface area contributed by atoms with Crippen LogP contribution in [-0.4, -0.2) is 32.6 Å². The fraction of sp³-hybridized carbons (Fsp3) is 0.0870. The second-order valence-electron chi connectivity index (χ2n) is 6.65. The van der Waals surface area contributed by atoms with Crippen LogP contribution in [0.5, 0.6) is 5.75 Å². The Balaban J connectivity index is 1.55. The van der Waals surface area contributed by atoms with Crippen molar-refractivity contribution in [2.45, 2.75) is 11.0 Å². The number of aromatic hydroxyl groups is 1. The molecule has 1 amide bonds. The molecule has 3 aromatic rings. The summed E-state index contributed by atoms with van der Waals surface area (Å²) in [4.78, 5) is 21.6. The molecule has 0 saturated carbocycles. The molecule has 33 heavy (non-hydrogen) atoms. The molecule has 3 rings (SSSR count). The summed E-state index contributed by atoms with van der Waals surface area (Å²) in [6.07, 6.45) is 3.78. The summed E-state index contributed by atoms with van der Waals surface area (Å²) in [5.41, 5.74) is 6.57. The number of aromatic nitrogens is 2. The van der Waals surface area contributed by atoms with E-state index in [-0.39, 0.29) is 18.0 Å². The van der Waals surface area contributed by atoms with Gasteiger partial charge in [-0.15, -0.1) is 0 Å². The third-order valence-electron chi connectivity index (χ3n) is 4.21. The van der Waals surface area contributed by atoms with Crippen molar-refractivity contribution in [3.8, 4) is 5.75 Å². The highest BCUT2D eigenvalue weighted by molar-refractivity contribution is 8.24. The Morgan fingerprint density at radius 2 is 1.94 bits per heavy atom. The summed E-state index contributed by atoms with van der Waals surface area (Å²) in [6.45, 7) is 3.99. The summed E-state index contributed by atoms with van der Waals surface area (Å²) in [5.74, 6) is 0.366. The van der Waals surface area contributed by atoms with E-state index in [0.29, 0.717) is 16.4 Å². The number of nitrogens with zero attached hydrogens (tertiary/aromatic N) is 2. The van der Waals surface area contributed by atoms with E-state index >= 15 is 0 Å². The van der Waals surface area contributed by atoms with Gasteiger partial charge in [0, 0.05) is 30.0 Å². The molecule has 1 unspecified atom stereocenters. The highest BCUT2D eigenvalue weighted by Crippen LogP contribution is 2.37. The number of phenols is 1. The van der Waals surface area contributed by atoms with Gasteiger partial charge < -0.3 is 26.6 Å². The number of thioether (sulfide) groups is 2. The molecule has 0 aliphatic rings. The number of rotatable bonds is 10. The third kappa shape index (κ3) is 7.56.